The molecule has 5 aromatic rings. The molecule has 0 fully saturated rings. The summed E-state index contributed by atoms with van der Waals surface area (Å²) in [4.78, 5) is 17.1. The third kappa shape index (κ3) is 3.32. The lowest BCUT2D eigenvalue weighted by atomic mass is 9.85. The second-order valence-electron chi connectivity index (χ2n) is 9.52. The number of nitrogens with zero attached hydrogens (tertiary/aromatic N) is 5. The van der Waals surface area contributed by atoms with Gasteiger partial charge in [-0.05, 0) is 48.8 Å². The Morgan fingerprint density at radius 1 is 1.14 bits per heavy atom. The number of carbonyl (C=O) groups excluding carboxylic acids is 1. The minimum atomic E-state index is -0.660. The smallest absolute Gasteiger partial charge is 0.419 e. The number of aromatic amines is 1. The van der Waals surface area contributed by atoms with E-state index in [1.54, 1.807) is 12.4 Å². The van der Waals surface area contributed by atoms with E-state index in [9.17, 15) is 4.79 Å². The van der Waals surface area contributed by atoms with Crippen LogP contribution in [0, 0.1) is 6.57 Å². The Balaban J connectivity index is 1.60. The topological polar surface area (TPSA) is 115 Å². The number of aromatic nitrogens is 5. The number of anilines is 1. The van der Waals surface area contributed by atoms with Gasteiger partial charge in [0.05, 0.1) is 29.9 Å². The monoisotopic (exact) mass is 479 g/mol. The molecule has 0 amide bonds. The Labute approximate surface area is 205 Å². The third-order valence-electron chi connectivity index (χ3n) is 6.08. The van der Waals surface area contributed by atoms with Crippen molar-refractivity contribution in [1.29, 1.82) is 0 Å². The van der Waals surface area contributed by atoms with Crippen LogP contribution in [0.2, 0.25) is 0 Å². The predicted octanol–water partition coefficient (Wildman–Crippen LogP) is 5.53. The van der Waals surface area contributed by atoms with E-state index in [0.717, 1.165) is 16.5 Å². The Morgan fingerprint density at radius 3 is 2.78 bits per heavy atom. The molecule has 1 unspecified atom stereocenters. The van der Waals surface area contributed by atoms with Crippen LogP contribution in [0.1, 0.15) is 43.4 Å². The molecule has 3 aromatic heterocycles. The first-order valence-corrected chi connectivity index (χ1v) is 11.3. The number of H-pyrrole nitrogens is 1. The summed E-state index contributed by atoms with van der Waals surface area (Å²) in [7, 11) is 0. The van der Waals surface area contributed by atoms with Crippen LogP contribution in [0.4, 0.5) is 10.6 Å². The van der Waals surface area contributed by atoms with E-state index in [2.05, 4.69) is 30.7 Å². The first-order valence-electron chi connectivity index (χ1n) is 11.3. The highest BCUT2D eigenvalue weighted by molar-refractivity contribution is 6.02. The van der Waals surface area contributed by atoms with Gasteiger partial charge >= 0.3 is 6.09 Å². The first kappa shape index (κ1) is 21.6. The minimum Gasteiger partial charge on any atom is -0.443 e. The summed E-state index contributed by atoms with van der Waals surface area (Å²) in [5.74, 6) is 0.177. The standard InChI is InChI=1S/C26H21N7O3/c1-26(2,3)35-25(34)33-13-17(14-8-5-6-11-19(14)33)22-23(27-4)20(16-12-28-30-24(16)29-22)15-9-7-10-18-21(15)32-36-31-18/h5-13,20H,1-3H3,(H2,28,29,30). The SMILES string of the molecule is [C-]#[N+]C1=C(c2cn(C(=O)OC(C)(C)C)c3ccccc23)Nc2[nH]ncc2C1c1cccc2nonc12. The van der Waals surface area contributed by atoms with Crippen LogP contribution in [0.3, 0.4) is 0 Å². The fraction of sp³-hybridized carbons (Fsp3) is 0.192. The molecule has 10 heteroatoms. The van der Waals surface area contributed by atoms with Crippen molar-refractivity contribution in [1.82, 2.24) is 25.1 Å². The fourth-order valence-electron chi connectivity index (χ4n) is 4.64. The van der Waals surface area contributed by atoms with Gasteiger partial charge in [0.25, 0.3) is 0 Å². The van der Waals surface area contributed by atoms with Crippen molar-refractivity contribution in [2.75, 3.05) is 5.32 Å². The average molecular weight is 480 g/mol. The van der Waals surface area contributed by atoms with Crippen LogP contribution in [-0.4, -0.2) is 36.8 Å². The molecule has 178 valence electrons. The summed E-state index contributed by atoms with van der Waals surface area (Å²) in [5, 5.41) is 19.4. The molecule has 2 N–H and O–H groups in total. The number of fused-ring (bicyclic) bond motifs is 3. The maximum Gasteiger partial charge on any atom is 0.419 e. The predicted molar refractivity (Wildman–Crippen MR) is 133 cm³/mol. The zero-order valence-electron chi connectivity index (χ0n) is 19.7. The van der Waals surface area contributed by atoms with Crippen LogP contribution >= 0.6 is 0 Å². The maximum absolute atomic E-state index is 13.1. The molecule has 0 spiro atoms. The van der Waals surface area contributed by atoms with Gasteiger partial charge in [-0.2, -0.15) is 5.10 Å². The van der Waals surface area contributed by atoms with Gasteiger partial charge in [-0.1, -0.05) is 30.3 Å². The minimum absolute atomic E-state index is 0.437. The molecule has 4 heterocycles. The Bertz CT molecular complexity index is 1730. The van der Waals surface area contributed by atoms with Gasteiger partial charge in [-0.25, -0.2) is 14.3 Å². The summed E-state index contributed by atoms with van der Waals surface area (Å²) in [6, 6.07) is 13.1. The Morgan fingerprint density at radius 2 is 1.97 bits per heavy atom. The number of benzene rings is 2. The Kier molecular flexibility index (Phi) is 4.69. The second kappa shape index (κ2) is 7.81. The summed E-state index contributed by atoms with van der Waals surface area (Å²) in [5.41, 5.74) is 4.47. The van der Waals surface area contributed by atoms with Crippen molar-refractivity contribution < 1.29 is 14.2 Å². The van der Waals surface area contributed by atoms with Crippen LogP contribution in [-0.2, 0) is 4.74 Å². The third-order valence-corrected chi connectivity index (χ3v) is 6.08. The largest absolute Gasteiger partial charge is 0.443 e. The number of carbonyl (C=O) groups is 1. The van der Waals surface area contributed by atoms with Crippen LogP contribution in [0.5, 0.6) is 0 Å². The van der Waals surface area contributed by atoms with E-state index in [0.29, 0.717) is 39.3 Å². The number of rotatable bonds is 2. The normalized spacial score (nSPS) is 15.6. The molecular weight excluding hydrogens is 458 g/mol. The van der Waals surface area contributed by atoms with Crippen molar-refractivity contribution in [2.45, 2.75) is 32.3 Å². The van der Waals surface area contributed by atoms with E-state index in [1.807, 2.05) is 63.2 Å². The zero-order chi connectivity index (χ0) is 25.0. The number of hydrogen-bond acceptors (Lipinski definition) is 7. The van der Waals surface area contributed by atoms with E-state index in [1.165, 1.54) is 4.57 Å². The Hall–Kier alpha value is -4.91. The van der Waals surface area contributed by atoms with E-state index in [-0.39, 0.29) is 0 Å². The van der Waals surface area contributed by atoms with Gasteiger partial charge < -0.3 is 10.1 Å². The molecule has 6 rings (SSSR count). The lowest BCUT2D eigenvalue weighted by Gasteiger charge is -2.26. The lowest BCUT2D eigenvalue weighted by Crippen LogP contribution is -2.26. The van der Waals surface area contributed by atoms with E-state index < -0.39 is 17.6 Å². The summed E-state index contributed by atoms with van der Waals surface area (Å²) >= 11 is 0. The van der Waals surface area contributed by atoms with E-state index in [4.69, 9.17) is 15.9 Å². The molecule has 1 atom stereocenters. The maximum atomic E-state index is 13.1. The van der Waals surface area contributed by atoms with Gasteiger partial charge in [0.15, 0.2) is 0 Å². The van der Waals surface area contributed by atoms with Crippen LogP contribution < -0.4 is 5.32 Å². The highest BCUT2D eigenvalue weighted by Gasteiger charge is 2.35. The summed E-state index contributed by atoms with van der Waals surface area (Å²) in [6.07, 6.45) is 2.91. The van der Waals surface area contributed by atoms with Crippen molar-refractivity contribution in [2.24, 2.45) is 0 Å². The molecule has 0 radical (unpaired) electrons. The number of ether oxygens (including phenoxy) is 1. The molecule has 0 saturated heterocycles. The van der Waals surface area contributed by atoms with Gasteiger partial charge in [-0.3, -0.25) is 9.67 Å². The number of allylic oxidation sites excluding steroid dienone is 1. The lowest BCUT2D eigenvalue weighted by molar-refractivity contribution is 0.0544. The molecule has 10 nitrogen and oxygen atoms in total. The molecular formula is C26H21N7O3. The number of para-hydroxylation sites is 1. The number of nitrogens with one attached hydrogen (secondary N) is 2. The molecule has 0 bridgehead atoms. The fourth-order valence-corrected chi connectivity index (χ4v) is 4.64. The van der Waals surface area contributed by atoms with Crippen molar-refractivity contribution in [3.05, 3.63) is 88.7 Å². The van der Waals surface area contributed by atoms with Gasteiger partial charge in [0.1, 0.15) is 22.5 Å². The van der Waals surface area contributed by atoms with Gasteiger partial charge in [0, 0.05) is 22.7 Å². The quantitative estimate of drug-likeness (QED) is 0.320. The zero-order valence-corrected chi connectivity index (χ0v) is 19.7. The molecule has 36 heavy (non-hydrogen) atoms. The van der Waals surface area contributed by atoms with Crippen LogP contribution in [0.25, 0.3) is 32.5 Å². The summed E-state index contributed by atoms with van der Waals surface area (Å²) < 4.78 is 12.1. The van der Waals surface area contributed by atoms with Gasteiger partial charge in [0.2, 0.25) is 5.70 Å². The molecule has 2 aromatic carbocycles. The molecule has 0 aliphatic carbocycles. The number of hydrogen-bond donors (Lipinski definition) is 2. The highest BCUT2D eigenvalue weighted by atomic mass is 16.6. The highest BCUT2D eigenvalue weighted by Crippen LogP contribution is 2.46. The van der Waals surface area contributed by atoms with Crippen molar-refractivity contribution in [3.8, 4) is 0 Å². The van der Waals surface area contributed by atoms with Gasteiger partial charge in [-0.15, -0.1) is 0 Å². The van der Waals surface area contributed by atoms with Crippen molar-refractivity contribution in [3.63, 3.8) is 0 Å². The first-order chi connectivity index (χ1) is 17.4. The molecule has 1 aliphatic heterocycles. The second-order valence-corrected chi connectivity index (χ2v) is 9.52. The van der Waals surface area contributed by atoms with Crippen LogP contribution in [0.15, 0.2) is 65.2 Å². The molecule has 0 saturated carbocycles. The molecule has 1 aliphatic rings. The average Bonchev–Trinajstić information content (AvgIpc) is 3.59. The van der Waals surface area contributed by atoms with Crippen molar-refractivity contribution >= 4 is 39.5 Å². The summed E-state index contributed by atoms with van der Waals surface area (Å²) in [6.45, 7) is 13.6. The van der Waals surface area contributed by atoms with E-state index >= 15 is 0 Å².